The molecule has 0 aliphatic rings. The van der Waals surface area contributed by atoms with E-state index in [2.05, 4.69) is 0 Å². The summed E-state index contributed by atoms with van der Waals surface area (Å²) in [5.41, 5.74) is 6.32. The van der Waals surface area contributed by atoms with E-state index < -0.39 is 0 Å². The van der Waals surface area contributed by atoms with Crippen molar-refractivity contribution >= 4 is 0 Å². The third-order valence-electron chi connectivity index (χ3n) is 2.19. The maximum atomic E-state index is 9.48. The largest absolute Gasteiger partial charge is 0.507 e. The van der Waals surface area contributed by atoms with Crippen LogP contribution in [0.5, 0.6) is 0 Å². The van der Waals surface area contributed by atoms with Gasteiger partial charge in [-0.1, -0.05) is 30.3 Å². The first kappa shape index (κ1) is 15.5. The Hall–Kier alpha value is -1.56. The Bertz CT molecular complexity index is 354. The lowest BCUT2D eigenvalue weighted by Crippen LogP contribution is -2.11. The van der Waals surface area contributed by atoms with Crippen molar-refractivity contribution in [3.63, 3.8) is 0 Å². The number of hydrogen-bond donors (Lipinski definition) is 2. The zero-order valence-electron chi connectivity index (χ0n) is 11.0. The Balaban J connectivity index is 2.05. The summed E-state index contributed by atoms with van der Waals surface area (Å²) < 4.78 is 15.5. The topological polar surface area (TPSA) is 73.9 Å². The van der Waals surface area contributed by atoms with Gasteiger partial charge < -0.3 is 25.1 Å². The van der Waals surface area contributed by atoms with E-state index in [1.54, 1.807) is 0 Å². The maximum Gasteiger partial charge on any atom is 0.152 e. The molecule has 5 nitrogen and oxygen atoms in total. The fraction of sp³-hybridized carbons (Fsp3) is 0.429. The van der Waals surface area contributed by atoms with Crippen molar-refractivity contribution < 1.29 is 19.3 Å². The van der Waals surface area contributed by atoms with Crippen LogP contribution in [-0.2, 0) is 20.8 Å². The highest BCUT2D eigenvalue weighted by atomic mass is 16.5. The van der Waals surface area contributed by atoms with Gasteiger partial charge in [-0.3, -0.25) is 0 Å². The number of ether oxygens (including phenoxy) is 3. The highest BCUT2D eigenvalue weighted by Gasteiger charge is 1.96. The van der Waals surface area contributed by atoms with Crippen molar-refractivity contribution in [3.05, 3.63) is 47.9 Å². The van der Waals surface area contributed by atoms with Gasteiger partial charge in [-0.2, -0.15) is 0 Å². The van der Waals surface area contributed by atoms with E-state index >= 15 is 0 Å². The van der Waals surface area contributed by atoms with Gasteiger partial charge >= 0.3 is 0 Å². The van der Waals surface area contributed by atoms with Crippen molar-refractivity contribution in [1.29, 1.82) is 0 Å². The van der Waals surface area contributed by atoms with E-state index in [1.165, 1.54) is 6.26 Å². The van der Waals surface area contributed by atoms with Gasteiger partial charge in [0.15, 0.2) is 5.76 Å². The lowest BCUT2D eigenvalue weighted by molar-refractivity contribution is 0.0789. The van der Waals surface area contributed by atoms with E-state index in [0.717, 1.165) is 5.56 Å². The summed E-state index contributed by atoms with van der Waals surface area (Å²) in [5.74, 6) is 0.0507. The van der Waals surface area contributed by atoms with Crippen LogP contribution in [0.25, 0.3) is 0 Å². The number of benzene rings is 1. The monoisotopic (exact) mass is 267 g/mol. The van der Waals surface area contributed by atoms with Gasteiger partial charge in [0, 0.05) is 6.54 Å². The molecule has 0 radical (unpaired) electrons. The summed E-state index contributed by atoms with van der Waals surface area (Å²) in [7, 11) is 0. The number of rotatable bonds is 10. The first-order valence-corrected chi connectivity index (χ1v) is 6.22. The van der Waals surface area contributed by atoms with Crippen LogP contribution < -0.4 is 5.73 Å². The average molecular weight is 267 g/mol. The van der Waals surface area contributed by atoms with Crippen molar-refractivity contribution in [2.24, 2.45) is 5.73 Å². The van der Waals surface area contributed by atoms with Crippen molar-refractivity contribution in [3.8, 4) is 0 Å². The van der Waals surface area contributed by atoms with Crippen molar-refractivity contribution in [2.45, 2.75) is 6.61 Å². The van der Waals surface area contributed by atoms with Crippen LogP contribution in [0.2, 0.25) is 0 Å². The highest BCUT2D eigenvalue weighted by Crippen LogP contribution is 2.01. The SMILES string of the molecule is NCCOCCO/C=C(\O)COCc1ccccc1. The van der Waals surface area contributed by atoms with Crippen LogP contribution in [0.15, 0.2) is 42.4 Å². The number of aliphatic hydroxyl groups is 1. The zero-order valence-corrected chi connectivity index (χ0v) is 11.0. The predicted octanol–water partition coefficient (Wildman–Crippen LogP) is 1.59. The van der Waals surface area contributed by atoms with Gasteiger partial charge in [0.05, 0.1) is 19.8 Å². The molecule has 0 fully saturated rings. The molecular weight excluding hydrogens is 246 g/mol. The Morgan fingerprint density at radius 3 is 2.63 bits per heavy atom. The minimum Gasteiger partial charge on any atom is -0.507 e. The summed E-state index contributed by atoms with van der Waals surface area (Å²) in [6, 6.07) is 9.76. The molecule has 1 rings (SSSR count). The van der Waals surface area contributed by atoms with E-state index in [-0.39, 0.29) is 12.4 Å². The Kier molecular flexibility index (Phi) is 8.46. The first-order valence-electron chi connectivity index (χ1n) is 6.22. The molecule has 0 unspecified atom stereocenters. The van der Waals surface area contributed by atoms with Gasteiger partial charge in [-0.15, -0.1) is 0 Å². The van der Waals surface area contributed by atoms with Crippen LogP contribution in [0.1, 0.15) is 5.56 Å². The molecule has 19 heavy (non-hydrogen) atoms. The molecule has 0 saturated carbocycles. The molecule has 0 amide bonds. The second-order valence-electron chi connectivity index (χ2n) is 3.86. The van der Waals surface area contributed by atoms with E-state index in [1.807, 2.05) is 30.3 Å². The summed E-state index contributed by atoms with van der Waals surface area (Å²) in [6.07, 6.45) is 1.27. The maximum absolute atomic E-state index is 9.48. The lowest BCUT2D eigenvalue weighted by Gasteiger charge is -2.05. The van der Waals surface area contributed by atoms with Gasteiger partial charge in [-0.05, 0) is 5.56 Å². The van der Waals surface area contributed by atoms with Gasteiger partial charge in [0.1, 0.15) is 19.5 Å². The van der Waals surface area contributed by atoms with Gasteiger partial charge in [0.25, 0.3) is 0 Å². The van der Waals surface area contributed by atoms with Gasteiger partial charge in [0.2, 0.25) is 0 Å². The fourth-order valence-electron chi connectivity index (χ4n) is 1.33. The van der Waals surface area contributed by atoms with Crippen LogP contribution in [0.3, 0.4) is 0 Å². The third-order valence-corrected chi connectivity index (χ3v) is 2.19. The number of nitrogens with two attached hydrogens (primary N) is 1. The Labute approximate surface area is 113 Å². The minimum absolute atomic E-state index is 0.0507. The molecule has 0 bridgehead atoms. The van der Waals surface area contributed by atoms with Crippen LogP contribution >= 0.6 is 0 Å². The molecular formula is C14H21NO4. The summed E-state index contributed by atoms with van der Waals surface area (Å²) in [6.45, 7) is 2.42. The second-order valence-corrected chi connectivity index (χ2v) is 3.86. The lowest BCUT2D eigenvalue weighted by atomic mass is 10.2. The summed E-state index contributed by atoms with van der Waals surface area (Å²) >= 11 is 0. The molecule has 0 aromatic heterocycles. The number of hydrogen-bond acceptors (Lipinski definition) is 5. The minimum atomic E-state index is 0.0507. The molecule has 0 heterocycles. The first-order chi connectivity index (χ1) is 9.33. The molecule has 3 N–H and O–H groups in total. The Morgan fingerprint density at radius 2 is 1.89 bits per heavy atom. The average Bonchev–Trinajstić information content (AvgIpc) is 2.44. The molecule has 0 aliphatic heterocycles. The smallest absolute Gasteiger partial charge is 0.152 e. The quantitative estimate of drug-likeness (QED) is 0.497. The molecule has 1 aromatic rings. The normalized spacial score (nSPS) is 11.5. The number of aliphatic hydroxyl groups excluding tert-OH is 1. The standard InChI is InChI=1S/C14H21NO4/c15-6-7-17-8-9-18-11-14(16)12-19-10-13-4-2-1-3-5-13/h1-5,11,16H,6-10,12,15H2/b14-11-. The highest BCUT2D eigenvalue weighted by molar-refractivity contribution is 5.13. The molecule has 0 spiro atoms. The van der Waals surface area contributed by atoms with E-state index in [4.69, 9.17) is 19.9 Å². The molecule has 1 aromatic carbocycles. The molecule has 0 saturated heterocycles. The predicted molar refractivity (Wildman–Crippen MR) is 72.6 cm³/mol. The fourth-order valence-corrected chi connectivity index (χ4v) is 1.33. The molecule has 106 valence electrons. The molecule has 5 heteroatoms. The van der Waals surface area contributed by atoms with Crippen molar-refractivity contribution in [2.75, 3.05) is 33.0 Å². The van der Waals surface area contributed by atoms with Crippen LogP contribution in [0, 0.1) is 0 Å². The summed E-state index contributed by atoms with van der Waals surface area (Å²) in [4.78, 5) is 0. The second kappa shape index (κ2) is 10.4. The molecule has 0 atom stereocenters. The van der Waals surface area contributed by atoms with Crippen molar-refractivity contribution in [1.82, 2.24) is 0 Å². The molecule has 0 aliphatic carbocycles. The van der Waals surface area contributed by atoms with Crippen LogP contribution in [-0.4, -0.2) is 38.1 Å². The Morgan fingerprint density at radius 1 is 1.11 bits per heavy atom. The van der Waals surface area contributed by atoms with Gasteiger partial charge in [-0.25, -0.2) is 0 Å². The zero-order chi connectivity index (χ0) is 13.8. The third kappa shape index (κ3) is 8.20. The van der Waals surface area contributed by atoms with E-state index in [9.17, 15) is 5.11 Å². The van der Waals surface area contributed by atoms with Crippen LogP contribution in [0.4, 0.5) is 0 Å². The van der Waals surface area contributed by atoms with E-state index in [0.29, 0.717) is 33.0 Å². The summed E-state index contributed by atoms with van der Waals surface area (Å²) in [5, 5.41) is 9.48.